The van der Waals surface area contributed by atoms with Gasteiger partial charge < -0.3 is 9.84 Å². The van der Waals surface area contributed by atoms with Crippen molar-refractivity contribution in [2.75, 3.05) is 0 Å². The van der Waals surface area contributed by atoms with Gasteiger partial charge in [-0.2, -0.15) is 4.98 Å². The molecule has 2 aromatic rings. The van der Waals surface area contributed by atoms with Crippen LogP contribution in [0.5, 0.6) is 0 Å². The molecule has 1 aromatic heterocycles. The van der Waals surface area contributed by atoms with Crippen molar-refractivity contribution in [1.29, 1.82) is 0 Å². The molecule has 0 fully saturated rings. The number of carbonyl (C=O) groups excluding carboxylic acids is 1. The number of hydrogen-bond donors (Lipinski definition) is 1. The summed E-state index contributed by atoms with van der Waals surface area (Å²) in [7, 11) is 0. The van der Waals surface area contributed by atoms with Crippen LogP contribution in [0.15, 0.2) is 22.7 Å². The molecule has 0 spiro atoms. The minimum absolute atomic E-state index is 0.0131. The Balaban J connectivity index is 1.80. The molecular formula is C15H19N3O2. The Morgan fingerprint density at radius 1 is 1.30 bits per heavy atom. The summed E-state index contributed by atoms with van der Waals surface area (Å²) in [5.74, 6) is 1.08. The number of nitrogens with one attached hydrogen (secondary N) is 1. The lowest BCUT2D eigenvalue weighted by molar-refractivity contribution is -0.121. The lowest BCUT2D eigenvalue weighted by Gasteiger charge is -2.08. The van der Waals surface area contributed by atoms with E-state index in [1.165, 1.54) is 11.1 Å². The van der Waals surface area contributed by atoms with Crippen LogP contribution in [0.2, 0.25) is 0 Å². The zero-order valence-electron chi connectivity index (χ0n) is 12.1. The Hall–Kier alpha value is -2.17. The van der Waals surface area contributed by atoms with Crippen molar-refractivity contribution in [3.05, 3.63) is 46.6 Å². The molecule has 1 N–H and O–H groups in total. The van der Waals surface area contributed by atoms with Crippen molar-refractivity contribution in [2.45, 2.75) is 40.2 Å². The van der Waals surface area contributed by atoms with Crippen molar-refractivity contribution >= 4 is 5.91 Å². The van der Waals surface area contributed by atoms with E-state index >= 15 is 0 Å². The highest BCUT2D eigenvalue weighted by atomic mass is 16.5. The summed E-state index contributed by atoms with van der Waals surface area (Å²) in [4.78, 5) is 15.8. The van der Waals surface area contributed by atoms with E-state index in [-0.39, 0.29) is 5.91 Å². The molecule has 5 nitrogen and oxygen atoms in total. The maximum atomic E-state index is 11.8. The van der Waals surface area contributed by atoms with Crippen LogP contribution in [0.3, 0.4) is 0 Å². The summed E-state index contributed by atoms with van der Waals surface area (Å²) in [6, 6.07) is 6.21. The Bertz CT molecular complexity index is 605. The van der Waals surface area contributed by atoms with Crippen molar-refractivity contribution in [2.24, 2.45) is 0 Å². The molecule has 20 heavy (non-hydrogen) atoms. The topological polar surface area (TPSA) is 68.0 Å². The summed E-state index contributed by atoms with van der Waals surface area (Å²) in [5, 5.41) is 6.60. The van der Waals surface area contributed by atoms with Gasteiger partial charge in [0.2, 0.25) is 11.8 Å². The zero-order chi connectivity index (χ0) is 14.5. The SMILES string of the molecule is Cc1ccc(CNC(=O)CCc2nc(C)no2)c(C)c1. The number of amides is 1. The van der Waals surface area contributed by atoms with E-state index in [2.05, 4.69) is 41.4 Å². The largest absolute Gasteiger partial charge is 0.352 e. The number of hydrogen-bond acceptors (Lipinski definition) is 4. The van der Waals surface area contributed by atoms with Crippen LogP contribution in [-0.4, -0.2) is 16.0 Å². The van der Waals surface area contributed by atoms with Crippen molar-refractivity contribution in [3.63, 3.8) is 0 Å². The molecule has 106 valence electrons. The Morgan fingerprint density at radius 3 is 2.75 bits per heavy atom. The van der Waals surface area contributed by atoms with Crippen LogP contribution < -0.4 is 5.32 Å². The second kappa shape index (κ2) is 6.32. The number of aryl methyl sites for hydroxylation is 4. The van der Waals surface area contributed by atoms with Crippen molar-refractivity contribution < 1.29 is 9.32 Å². The highest BCUT2D eigenvalue weighted by Gasteiger charge is 2.07. The summed E-state index contributed by atoms with van der Waals surface area (Å²) >= 11 is 0. The van der Waals surface area contributed by atoms with Crippen LogP contribution in [0.1, 0.15) is 34.8 Å². The van der Waals surface area contributed by atoms with E-state index in [9.17, 15) is 4.79 Å². The van der Waals surface area contributed by atoms with Crippen LogP contribution in [-0.2, 0) is 17.8 Å². The first kappa shape index (κ1) is 14.2. The molecule has 1 heterocycles. The number of rotatable bonds is 5. The molecule has 5 heteroatoms. The van der Waals surface area contributed by atoms with E-state index in [4.69, 9.17) is 4.52 Å². The molecule has 0 aliphatic rings. The van der Waals surface area contributed by atoms with Crippen molar-refractivity contribution in [1.82, 2.24) is 15.5 Å². The highest BCUT2D eigenvalue weighted by molar-refractivity contribution is 5.76. The maximum Gasteiger partial charge on any atom is 0.227 e. The van der Waals surface area contributed by atoms with E-state index < -0.39 is 0 Å². The second-order valence-electron chi connectivity index (χ2n) is 4.94. The molecular weight excluding hydrogens is 254 g/mol. The Kier molecular flexibility index (Phi) is 4.50. The van der Waals surface area contributed by atoms with Gasteiger partial charge in [0.25, 0.3) is 0 Å². The fourth-order valence-electron chi connectivity index (χ4n) is 1.99. The second-order valence-corrected chi connectivity index (χ2v) is 4.94. The molecule has 0 saturated heterocycles. The molecule has 0 unspecified atom stereocenters. The number of nitrogens with zero attached hydrogens (tertiary/aromatic N) is 2. The van der Waals surface area contributed by atoms with Gasteiger partial charge >= 0.3 is 0 Å². The molecule has 0 atom stereocenters. The first-order valence-electron chi connectivity index (χ1n) is 6.66. The quantitative estimate of drug-likeness (QED) is 0.907. The predicted molar refractivity (Wildman–Crippen MR) is 75.1 cm³/mol. The van der Waals surface area contributed by atoms with Gasteiger partial charge in [-0.25, -0.2) is 0 Å². The third-order valence-electron chi connectivity index (χ3n) is 3.11. The molecule has 1 aromatic carbocycles. The normalized spacial score (nSPS) is 10.6. The van der Waals surface area contributed by atoms with E-state index in [0.717, 1.165) is 5.56 Å². The van der Waals surface area contributed by atoms with Crippen molar-refractivity contribution in [3.8, 4) is 0 Å². The molecule has 2 rings (SSSR count). The van der Waals surface area contributed by atoms with Crippen LogP contribution in [0, 0.1) is 20.8 Å². The lowest BCUT2D eigenvalue weighted by atomic mass is 10.1. The monoisotopic (exact) mass is 273 g/mol. The van der Waals surface area contributed by atoms with E-state index in [0.29, 0.717) is 31.1 Å². The molecule has 0 bridgehead atoms. The summed E-state index contributed by atoms with van der Waals surface area (Å²) in [6.07, 6.45) is 0.825. The lowest BCUT2D eigenvalue weighted by Crippen LogP contribution is -2.23. The molecule has 1 amide bonds. The fraction of sp³-hybridized carbons (Fsp3) is 0.400. The fourth-order valence-corrected chi connectivity index (χ4v) is 1.99. The van der Waals surface area contributed by atoms with Gasteiger partial charge in [0.15, 0.2) is 5.82 Å². The first-order chi connectivity index (χ1) is 9.54. The number of aromatic nitrogens is 2. The standard InChI is InChI=1S/C15H19N3O2/c1-10-4-5-13(11(2)8-10)9-16-14(19)6-7-15-17-12(3)18-20-15/h4-5,8H,6-7,9H2,1-3H3,(H,16,19). The third kappa shape index (κ3) is 3.91. The van der Waals surface area contributed by atoms with Gasteiger partial charge in [0.1, 0.15) is 0 Å². The van der Waals surface area contributed by atoms with Crippen LogP contribution >= 0.6 is 0 Å². The average Bonchev–Trinajstić information content (AvgIpc) is 2.81. The van der Waals surface area contributed by atoms with Gasteiger partial charge in [0, 0.05) is 19.4 Å². The van der Waals surface area contributed by atoms with E-state index in [1.807, 2.05) is 6.07 Å². The third-order valence-corrected chi connectivity index (χ3v) is 3.11. The van der Waals surface area contributed by atoms with Gasteiger partial charge in [-0.3, -0.25) is 4.79 Å². The van der Waals surface area contributed by atoms with Gasteiger partial charge in [-0.1, -0.05) is 28.9 Å². The predicted octanol–water partition coefficient (Wildman–Crippen LogP) is 2.24. The van der Waals surface area contributed by atoms with Crippen LogP contribution in [0.4, 0.5) is 0 Å². The van der Waals surface area contributed by atoms with Gasteiger partial charge in [-0.15, -0.1) is 0 Å². The minimum atomic E-state index is -0.0131. The number of benzene rings is 1. The average molecular weight is 273 g/mol. The Labute approximate surface area is 118 Å². The molecule has 0 aliphatic heterocycles. The smallest absolute Gasteiger partial charge is 0.227 e. The summed E-state index contributed by atoms with van der Waals surface area (Å²) in [5.41, 5.74) is 3.56. The number of carbonyl (C=O) groups is 1. The maximum absolute atomic E-state index is 11.8. The van der Waals surface area contributed by atoms with E-state index in [1.54, 1.807) is 6.92 Å². The Morgan fingerprint density at radius 2 is 2.10 bits per heavy atom. The molecule has 0 radical (unpaired) electrons. The van der Waals surface area contributed by atoms with Gasteiger partial charge in [0.05, 0.1) is 0 Å². The summed E-state index contributed by atoms with van der Waals surface area (Å²) in [6.45, 7) is 6.42. The summed E-state index contributed by atoms with van der Waals surface area (Å²) < 4.78 is 4.97. The van der Waals surface area contributed by atoms with Gasteiger partial charge in [-0.05, 0) is 31.9 Å². The zero-order valence-corrected chi connectivity index (χ0v) is 12.1. The first-order valence-corrected chi connectivity index (χ1v) is 6.66. The molecule has 0 aliphatic carbocycles. The van der Waals surface area contributed by atoms with Crippen LogP contribution in [0.25, 0.3) is 0 Å². The molecule has 0 saturated carbocycles. The highest BCUT2D eigenvalue weighted by Crippen LogP contribution is 2.10. The minimum Gasteiger partial charge on any atom is -0.352 e.